The van der Waals surface area contributed by atoms with Crippen LogP contribution >= 0.6 is 0 Å². The molecule has 0 saturated heterocycles. The first-order valence-corrected chi connectivity index (χ1v) is 5.03. The number of fused-ring (bicyclic) bond motifs is 1. The second kappa shape index (κ2) is 4.79. The number of hydrogen-bond donors (Lipinski definition) is 0. The van der Waals surface area contributed by atoms with Gasteiger partial charge in [-0.15, -0.1) is 0 Å². The van der Waals surface area contributed by atoms with Crippen molar-refractivity contribution < 1.29 is 4.79 Å². The van der Waals surface area contributed by atoms with Gasteiger partial charge in [0.2, 0.25) is 5.91 Å². The molecule has 2 rings (SSSR count). The summed E-state index contributed by atoms with van der Waals surface area (Å²) in [5, 5.41) is 0. The van der Waals surface area contributed by atoms with Gasteiger partial charge in [-0.2, -0.15) is 0 Å². The van der Waals surface area contributed by atoms with Gasteiger partial charge in [0.1, 0.15) is 5.82 Å². The first-order chi connectivity index (χ1) is 6.77. The van der Waals surface area contributed by atoms with E-state index in [0.29, 0.717) is 6.54 Å². The Morgan fingerprint density at radius 2 is 2.14 bits per heavy atom. The largest absolute Gasteiger partial charge is 0.334 e. The van der Waals surface area contributed by atoms with Crippen LogP contribution in [0.15, 0.2) is 12.4 Å². The molecule has 14 heavy (non-hydrogen) atoms. The van der Waals surface area contributed by atoms with Gasteiger partial charge in [0, 0.05) is 32.4 Å². The van der Waals surface area contributed by atoms with Crippen LogP contribution in [0.2, 0.25) is 0 Å². The summed E-state index contributed by atoms with van der Waals surface area (Å²) in [6.07, 6.45) is 3.73. The van der Waals surface area contributed by atoms with Crippen molar-refractivity contribution in [1.82, 2.24) is 14.5 Å². The van der Waals surface area contributed by atoms with E-state index in [1.807, 2.05) is 24.9 Å². The molecular formula is C10H17N3O. The number of carbonyl (C=O) groups is 1. The molecule has 0 radical (unpaired) electrons. The fraction of sp³-hybridized carbons (Fsp3) is 0.600. The van der Waals surface area contributed by atoms with Gasteiger partial charge in [-0.1, -0.05) is 13.8 Å². The molecule has 0 aliphatic carbocycles. The zero-order valence-electron chi connectivity index (χ0n) is 9.03. The van der Waals surface area contributed by atoms with Gasteiger partial charge < -0.3 is 9.47 Å². The highest BCUT2D eigenvalue weighted by Crippen LogP contribution is 2.09. The van der Waals surface area contributed by atoms with Crippen molar-refractivity contribution in [3.8, 4) is 0 Å². The molecule has 1 aliphatic heterocycles. The van der Waals surface area contributed by atoms with E-state index < -0.39 is 0 Å². The van der Waals surface area contributed by atoms with Crippen molar-refractivity contribution in [2.75, 3.05) is 6.54 Å². The first kappa shape index (κ1) is 10.8. The van der Waals surface area contributed by atoms with Gasteiger partial charge in [-0.3, -0.25) is 4.79 Å². The quantitative estimate of drug-likeness (QED) is 0.625. The maximum Gasteiger partial charge on any atom is 0.219 e. The molecule has 1 aliphatic rings. The van der Waals surface area contributed by atoms with Gasteiger partial charge in [-0.05, 0) is 0 Å². The minimum Gasteiger partial charge on any atom is -0.334 e. The van der Waals surface area contributed by atoms with Crippen molar-refractivity contribution in [2.24, 2.45) is 0 Å². The monoisotopic (exact) mass is 195 g/mol. The van der Waals surface area contributed by atoms with Crippen molar-refractivity contribution in [3.05, 3.63) is 18.2 Å². The molecule has 0 spiro atoms. The van der Waals surface area contributed by atoms with Crippen LogP contribution in [0.3, 0.4) is 0 Å². The second-order valence-corrected chi connectivity index (χ2v) is 2.98. The van der Waals surface area contributed by atoms with Crippen molar-refractivity contribution >= 4 is 5.91 Å². The summed E-state index contributed by atoms with van der Waals surface area (Å²) >= 11 is 0. The summed E-state index contributed by atoms with van der Waals surface area (Å²) in [5.74, 6) is 1.11. The molecule has 0 atom stereocenters. The number of rotatable bonds is 0. The maximum atomic E-state index is 11.0. The highest BCUT2D eigenvalue weighted by Gasteiger charge is 2.17. The fourth-order valence-corrected chi connectivity index (χ4v) is 1.44. The summed E-state index contributed by atoms with van der Waals surface area (Å²) < 4.78 is 2.08. The Bertz CT molecular complexity index is 306. The smallest absolute Gasteiger partial charge is 0.219 e. The Balaban J connectivity index is 0.000000461. The molecule has 0 aromatic carbocycles. The molecule has 1 aromatic heterocycles. The molecule has 0 N–H and O–H groups in total. The Morgan fingerprint density at radius 3 is 2.79 bits per heavy atom. The summed E-state index contributed by atoms with van der Waals surface area (Å²) in [7, 11) is 0. The number of amides is 1. The summed E-state index contributed by atoms with van der Waals surface area (Å²) in [5.41, 5.74) is 0. The van der Waals surface area contributed by atoms with E-state index in [9.17, 15) is 4.79 Å². The highest BCUT2D eigenvalue weighted by molar-refractivity contribution is 5.73. The first-order valence-electron chi connectivity index (χ1n) is 5.03. The van der Waals surface area contributed by atoms with Gasteiger partial charge >= 0.3 is 0 Å². The van der Waals surface area contributed by atoms with E-state index in [2.05, 4.69) is 9.55 Å². The third-order valence-electron chi connectivity index (χ3n) is 2.19. The zero-order valence-corrected chi connectivity index (χ0v) is 9.03. The van der Waals surface area contributed by atoms with Gasteiger partial charge in [0.25, 0.3) is 0 Å². The summed E-state index contributed by atoms with van der Waals surface area (Å²) in [6, 6.07) is 0. The maximum absolute atomic E-state index is 11.0. The SMILES string of the molecule is CC.CC(=O)N1CCn2ccnc2C1. The van der Waals surface area contributed by atoms with Crippen LogP contribution in [-0.2, 0) is 17.9 Å². The topological polar surface area (TPSA) is 38.1 Å². The predicted molar refractivity (Wildman–Crippen MR) is 54.7 cm³/mol. The number of nitrogens with zero attached hydrogens (tertiary/aromatic N) is 3. The lowest BCUT2D eigenvalue weighted by molar-refractivity contribution is -0.130. The average Bonchev–Trinajstić information content (AvgIpc) is 2.67. The highest BCUT2D eigenvalue weighted by atomic mass is 16.2. The molecule has 1 aromatic rings. The standard InChI is InChI=1S/C8H11N3O.C2H6/c1-7(12)11-5-4-10-3-2-9-8(10)6-11;1-2/h2-3H,4-6H2,1H3;1-2H3. The number of aromatic nitrogens is 2. The van der Waals surface area contributed by atoms with Crippen LogP contribution in [0.25, 0.3) is 0 Å². The van der Waals surface area contributed by atoms with Crippen molar-refractivity contribution in [3.63, 3.8) is 0 Å². The van der Waals surface area contributed by atoms with Crippen LogP contribution in [-0.4, -0.2) is 26.9 Å². The Labute approximate surface area is 84.5 Å². The van der Waals surface area contributed by atoms with E-state index >= 15 is 0 Å². The summed E-state index contributed by atoms with van der Waals surface area (Å²) in [4.78, 5) is 17.0. The molecule has 4 nitrogen and oxygen atoms in total. The lowest BCUT2D eigenvalue weighted by Crippen LogP contribution is -2.36. The zero-order chi connectivity index (χ0) is 10.6. The van der Waals surface area contributed by atoms with Crippen LogP contribution in [0.1, 0.15) is 26.6 Å². The minimum absolute atomic E-state index is 0.129. The summed E-state index contributed by atoms with van der Waals surface area (Å²) in [6.45, 7) is 7.93. The third kappa shape index (κ3) is 2.13. The minimum atomic E-state index is 0.129. The van der Waals surface area contributed by atoms with E-state index in [4.69, 9.17) is 0 Å². The Morgan fingerprint density at radius 1 is 1.43 bits per heavy atom. The molecular weight excluding hydrogens is 178 g/mol. The number of hydrogen-bond acceptors (Lipinski definition) is 2. The Kier molecular flexibility index (Phi) is 3.68. The molecule has 1 amide bonds. The van der Waals surface area contributed by atoms with E-state index in [1.165, 1.54) is 0 Å². The van der Waals surface area contributed by atoms with Crippen LogP contribution in [0, 0.1) is 0 Å². The van der Waals surface area contributed by atoms with Crippen molar-refractivity contribution in [1.29, 1.82) is 0 Å². The molecule has 0 bridgehead atoms. The van der Waals surface area contributed by atoms with Gasteiger partial charge in [-0.25, -0.2) is 4.98 Å². The molecule has 0 unspecified atom stereocenters. The fourth-order valence-electron chi connectivity index (χ4n) is 1.44. The molecule has 2 heterocycles. The van der Waals surface area contributed by atoms with E-state index in [-0.39, 0.29) is 5.91 Å². The number of carbonyl (C=O) groups excluding carboxylic acids is 1. The Hall–Kier alpha value is -1.32. The van der Waals surface area contributed by atoms with Crippen LogP contribution in [0.5, 0.6) is 0 Å². The number of imidazole rings is 1. The predicted octanol–water partition coefficient (Wildman–Crippen LogP) is 1.27. The average molecular weight is 195 g/mol. The lowest BCUT2D eigenvalue weighted by atomic mass is 10.3. The van der Waals surface area contributed by atoms with Crippen LogP contribution < -0.4 is 0 Å². The van der Waals surface area contributed by atoms with E-state index in [1.54, 1.807) is 13.1 Å². The van der Waals surface area contributed by atoms with Crippen LogP contribution in [0.4, 0.5) is 0 Å². The van der Waals surface area contributed by atoms with E-state index in [0.717, 1.165) is 18.9 Å². The lowest BCUT2D eigenvalue weighted by Gasteiger charge is -2.26. The molecule has 78 valence electrons. The van der Waals surface area contributed by atoms with Gasteiger partial charge in [0.05, 0.1) is 6.54 Å². The second-order valence-electron chi connectivity index (χ2n) is 2.98. The molecule has 0 saturated carbocycles. The van der Waals surface area contributed by atoms with Gasteiger partial charge in [0.15, 0.2) is 0 Å². The molecule has 4 heteroatoms. The normalized spacial score (nSPS) is 14.1. The molecule has 0 fully saturated rings. The third-order valence-corrected chi connectivity index (χ3v) is 2.19. The van der Waals surface area contributed by atoms with Crippen molar-refractivity contribution in [2.45, 2.75) is 33.9 Å².